The Kier molecular flexibility index (Phi) is 3.91. The third-order valence-corrected chi connectivity index (χ3v) is 2.30. The van der Waals surface area contributed by atoms with Crippen molar-refractivity contribution in [1.82, 2.24) is 14.1 Å². The topological polar surface area (TPSA) is 61.0 Å². The van der Waals surface area contributed by atoms with Crippen LogP contribution in [0.4, 0.5) is 5.82 Å². The van der Waals surface area contributed by atoms with E-state index in [9.17, 15) is 4.79 Å². The van der Waals surface area contributed by atoms with Crippen molar-refractivity contribution in [1.29, 1.82) is 0 Å². The standard InChI is InChI=1S/C7H14N4OS/c1-8-4-3-5-11(2)6-7(12)10-13-9-6/h8H,3-5H2,1-2H3,(H,10,12). The lowest BCUT2D eigenvalue weighted by Gasteiger charge is -2.13. The third kappa shape index (κ3) is 2.82. The van der Waals surface area contributed by atoms with Crippen molar-refractivity contribution in [3.63, 3.8) is 0 Å². The first-order valence-corrected chi connectivity index (χ1v) is 4.93. The van der Waals surface area contributed by atoms with Gasteiger partial charge in [0.05, 0.1) is 0 Å². The SMILES string of the molecule is CNCCCN(C)c1ns[nH]c1=O. The Bertz CT molecular complexity index is 295. The molecule has 0 atom stereocenters. The van der Waals surface area contributed by atoms with E-state index in [1.54, 1.807) is 0 Å². The number of hydrogen-bond donors (Lipinski definition) is 2. The van der Waals surface area contributed by atoms with Gasteiger partial charge in [0.15, 0.2) is 0 Å². The molecule has 0 saturated carbocycles. The van der Waals surface area contributed by atoms with E-state index in [0.717, 1.165) is 31.2 Å². The molecule has 0 fully saturated rings. The summed E-state index contributed by atoms with van der Waals surface area (Å²) < 4.78 is 6.53. The van der Waals surface area contributed by atoms with Gasteiger partial charge < -0.3 is 10.2 Å². The molecule has 5 nitrogen and oxygen atoms in total. The Morgan fingerprint density at radius 1 is 1.69 bits per heavy atom. The number of aromatic nitrogens is 2. The first kappa shape index (κ1) is 10.2. The molecule has 1 rings (SSSR count). The number of nitrogens with one attached hydrogen (secondary N) is 2. The number of anilines is 1. The van der Waals surface area contributed by atoms with Crippen LogP contribution in [0.1, 0.15) is 6.42 Å². The van der Waals surface area contributed by atoms with Crippen LogP contribution in [0.25, 0.3) is 0 Å². The van der Waals surface area contributed by atoms with Gasteiger partial charge in [0.25, 0.3) is 0 Å². The fraction of sp³-hybridized carbons (Fsp3) is 0.714. The van der Waals surface area contributed by atoms with Crippen LogP contribution >= 0.6 is 11.7 Å². The number of aromatic amines is 1. The number of nitrogens with zero attached hydrogens (tertiary/aromatic N) is 2. The van der Waals surface area contributed by atoms with Gasteiger partial charge >= 0.3 is 5.56 Å². The van der Waals surface area contributed by atoms with E-state index in [-0.39, 0.29) is 5.56 Å². The second-order valence-electron chi connectivity index (χ2n) is 2.82. The Labute approximate surface area is 81.1 Å². The second-order valence-corrected chi connectivity index (χ2v) is 3.39. The summed E-state index contributed by atoms with van der Waals surface area (Å²) in [7, 11) is 3.79. The van der Waals surface area contributed by atoms with Crippen LogP contribution in [0.15, 0.2) is 4.79 Å². The molecule has 6 heteroatoms. The van der Waals surface area contributed by atoms with E-state index in [1.165, 1.54) is 0 Å². The van der Waals surface area contributed by atoms with E-state index in [4.69, 9.17) is 0 Å². The third-order valence-electron chi connectivity index (χ3n) is 1.76. The Hall–Kier alpha value is -0.880. The molecule has 0 aliphatic carbocycles. The van der Waals surface area contributed by atoms with Crippen molar-refractivity contribution in [2.45, 2.75) is 6.42 Å². The minimum absolute atomic E-state index is 0.100. The first-order valence-electron chi connectivity index (χ1n) is 4.16. The molecular weight excluding hydrogens is 188 g/mol. The van der Waals surface area contributed by atoms with Gasteiger partial charge in [-0.25, -0.2) is 0 Å². The zero-order chi connectivity index (χ0) is 9.68. The zero-order valence-electron chi connectivity index (χ0n) is 7.83. The average Bonchev–Trinajstić information content (AvgIpc) is 2.52. The van der Waals surface area contributed by atoms with Crippen molar-refractivity contribution in [2.75, 3.05) is 32.1 Å². The fourth-order valence-electron chi connectivity index (χ4n) is 1.04. The fourth-order valence-corrected chi connectivity index (χ4v) is 1.57. The molecule has 0 radical (unpaired) electrons. The summed E-state index contributed by atoms with van der Waals surface area (Å²) in [4.78, 5) is 13.0. The average molecular weight is 202 g/mol. The normalized spacial score (nSPS) is 10.3. The molecule has 0 spiro atoms. The van der Waals surface area contributed by atoms with Gasteiger partial charge in [-0.15, -0.1) is 0 Å². The summed E-state index contributed by atoms with van der Waals surface area (Å²) in [5.41, 5.74) is -0.100. The maximum absolute atomic E-state index is 11.1. The monoisotopic (exact) mass is 202 g/mol. The highest BCUT2D eigenvalue weighted by Gasteiger charge is 2.07. The van der Waals surface area contributed by atoms with Gasteiger partial charge in [-0.3, -0.25) is 9.17 Å². The van der Waals surface area contributed by atoms with E-state index in [0.29, 0.717) is 5.82 Å². The van der Waals surface area contributed by atoms with Crippen molar-refractivity contribution >= 4 is 17.5 Å². The molecule has 1 aromatic rings. The predicted octanol–water partition coefficient (Wildman–Crippen LogP) is -0.123. The summed E-state index contributed by atoms with van der Waals surface area (Å²) in [5.74, 6) is 0.515. The maximum Gasteiger partial charge on any atom is 0.302 e. The van der Waals surface area contributed by atoms with Crippen molar-refractivity contribution in [3.05, 3.63) is 10.4 Å². The quantitative estimate of drug-likeness (QED) is 0.653. The molecule has 0 saturated heterocycles. The van der Waals surface area contributed by atoms with Gasteiger partial charge in [-0.2, -0.15) is 4.37 Å². The van der Waals surface area contributed by atoms with Crippen LogP contribution in [0.2, 0.25) is 0 Å². The van der Waals surface area contributed by atoms with Crippen molar-refractivity contribution in [2.24, 2.45) is 0 Å². The van der Waals surface area contributed by atoms with Crippen LogP contribution in [0.5, 0.6) is 0 Å². The smallest absolute Gasteiger partial charge is 0.302 e. The number of rotatable bonds is 5. The molecule has 74 valence electrons. The van der Waals surface area contributed by atoms with Crippen LogP contribution < -0.4 is 15.8 Å². The zero-order valence-corrected chi connectivity index (χ0v) is 8.65. The van der Waals surface area contributed by atoms with Gasteiger partial charge in [0.2, 0.25) is 5.82 Å². The molecule has 0 aliphatic rings. The molecule has 0 unspecified atom stereocenters. The highest BCUT2D eigenvalue weighted by Crippen LogP contribution is 2.01. The molecule has 1 aromatic heterocycles. The Balaban J connectivity index is 2.44. The second kappa shape index (κ2) is 4.98. The molecule has 0 amide bonds. The van der Waals surface area contributed by atoms with Crippen molar-refractivity contribution in [3.8, 4) is 0 Å². The van der Waals surface area contributed by atoms with Crippen LogP contribution in [0, 0.1) is 0 Å². The molecule has 0 bridgehead atoms. The minimum Gasteiger partial charge on any atom is -0.354 e. The molecule has 1 heterocycles. The number of hydrogen-bond acceptors (Lipinski definition) is 5. The lowest BCUT2D eigenvalue weighted by atomic mass is 10.4. The lowest BCUT2D eigenvalue weighted by molar-refractivity contribution is 0.709. The van der Waals surface area contributed by atoms with Crippen LogP contribution in [-0.2, 0) is 0 Å². The van der Waals surface area contributed by atoms with Crippen LogP contribution in [0.3, 0.4) is 0 Å². The van der Waals surface area contributed by atoms with Gasteiger partial charge in [0, 0.05) is 25.3 Å². The van der Waals surface area contributed by atoms with E-state index < -0.39 is 0 Å². The molecule has 0 aliphatic heterocycles. The summed E-state index contributed by atoms with van der Waals surface area (Å²) >= 11 is 1.09. The largest absolute Gasteiger partial charge is 0.354 e. The lowest BCUT2D eigenvalue weighted by Crippen LogP contribution is -2.26. The summed E-state index contributed by atoms with van der Waals surface area (Å²) in [6.45, 7) is 1.79. The molecule has 2 N–H and O–H groups in total. The van der Waals surface area contributed by atoms with Crippen LogP contribution in [-0.4, -0.2) is 35.9 Å². The summed E-state index contributed by atoms with van der Waals surface area (Å²) in [6.07, 6.45) is 1.00. The molecule has 0 aromatic carbocycles. The molecular formula is C7H14N4OS. The van der Waals surface area contributed by atoms with Gasteiger partial charge in [0.1, 0.15) is 0 Å². The maximum atomic E-state index is 11.1. The molecule has 13 heavy (non-hydrogen) atoms. The van der Waals surface area contributed by atoms with Crippen molar-refractivity contribution < 1.29 is 0 Å². The first-order chi connectivity index (χ1) is 6.25. The predicted molar refractivity (Wildman–Crippen MR) is 54.5 cm³/mol. The summed E-state index contributed by atoms with van der Waals surface area (Å²) in [6, 6.07) is 0. The Morgan fingerprint density at radius 2 is 2.46 bits per heavy atom. The minimum atomic E-state index is -0.100. The summed E-state index contributed by atoms with van der Waals surface area (Å²) in [5, 5.41) is 3.05. The number of H-pyrrole nitrogens is 1. The highest BCUT2D eigenvalue weighted by molar-refractivity contribution is 6.99. The van der Waals surface area contributed by atoms with E-state index in [2.05, 4.69) is 14.1 Å². The van der Waals surface area contributed by atoms with E-state index in [1.807, 2.05) is 19.0 Å². The van der Waals surface area contributed by atoms with Gasteiger partial charge in [-0.05, 0) is 20.0 Å². The Morgan fingerprint density at radius 3 is 3.00 bits per heavy atom. The van der Waals surface area contributed by atoms with Gasteiger partial charge in [-0.1, -0.05) is 0 Å². The van der Waals surface area contributed by atoms with E-state index >= 15 is 0 Å². The highest BCUT2D eigenvalue weighted by atomic mass is 32.1.